The van der Waals surface area contributed by atoms with Gasteiger partial charge in [-0.2, -0.15) is 0 Å². The number of aromatic amines is 1. The number of fused-ring (bicyclic) bond motifs is 1. The fourth-order valence-corrected chi connectivity index (χ4v) is 4.26. The minimum Gasteiger partial charge on any atom is -0.354 e. The molecule has 0 atom stereocenters. The number of carbonyl (C=O) groups excluding carboxylic acids is 1. The average Bonchev–Trinajstić information content (AvgIpc) is 3.43. The van der Waals surface area contributed by atoms with Crippen LogP contribution >= 0.6 is 0 Å². The predicted octanol–water partition coefficient (Wildman–Crippen LogP) is 3.77. The van der Waals surface area contributed by atoms with Crippen LogP contribution in [0.4, 0.5) is 0 Å². The van der Waals surface area contributed by atoms with Crippen molar-refractivity contribution in [2.45, 2.75) is 38.0 Å². The van der Waals surface area contributed by atoms with Crippen LogP contribution in [-0.2, 0) is 10.2 Å². The van der Waals surface area contributed by atoms with Gasteiger partial charge in [0.1, 0.15) is 0 Å². The van der Waals surface area contributed by atoms with E-state index in [0.29, 0.717) is 6.54 Å². The summed E-state index contributed by atoms with van der Waals surface area (Å²) in [6.45, 7) is 6.04. The van der Waals surface area contributed by atoms with Gasteiger partial charge >= 0.3 is 0 Å². The summed E-state index contributed by atoms with van der Waals surface area (Å²) in [7, 11) is 0. The van der Waals surface area contributed by atoms with Crippen molar-refractivity contribution in [3.05, 3.63) is 82.1 Å². The number of aromatic nitrogens is 1. The van der Waals surface area contributed by atoms with Crippen LogP contribution in [0.1, 0.15) is 36.8 Å². The second-order valence-corrected chi connectivity index (χ2v) is 8.67. The third kappa shape index (κ3) is 5.23. The zero-order valence-electron chi connectivity index (χ0n) is 18.2. The fourth-order valence-electron chi connectivity index (χ4n) is 4.26. The van der Waals surface area contributed by atoms with Gasteiger partial charge in [0.25, 0.3) is 0 Å². The highest BCUT2D eigenvalue weighted by Crippen LogP contribution is 2.48. The lowest BCUT2D eigenvalue weighted by molar-refractivity contribution is -0.123. The third-order valence-electron chi connectivity index (χ3n) is 6.32. The molecular weight excluding hydrogens is 386 g/mol. The van der Waals surface area contributed by atoms with Gasteiger partial charge in [-0.15, -0.1) is 0 Å². The number of rotatable bonds is 5. The Kier molecular flexibility index (Phi) is 6.52. The number of nitrogens with one attached hydrogen (secondary N) is 2. The number of benzene rings is 2. The van der Waals surface area contributed by atoms with Gasteiger partial charge in [0, 0.05) is 24.7 Å². The van der Waals surface area contributed by atoms with Crippen LogP contribution in [0.2, 0.25) is 0 Å². The molecular formula is C26H31N3O2. The van der Waals surface area contributed by atoms with Crippen LogP contribution in [0.15, 0.2) is 65.5 Å². The number of hydrogen-bond donors (Lipinski definition) is 2. The van der Waals surface area contributed by atoms with Crippen LogP contribution in [0.3, 0.4) is 0 Å². The molecule has 0 unspecified atom stereocenters. The summed E-state index contributed by atoms with van der Waals surface area (Å²) in [5.74, 6) is 0.124. The molecule has 1 aliphatic carbocycles. The van der Waals surface area contributed by atoms with E-state index in [2.05, 4.69) is 34.3 Å². The van der Waals surface area contributed by atoms with Crippen molar-refractivity contribution in [1.82, 2.24) is 15.2 Å². The van der Waals surface area contributed by atoms with E-state index in [4.69, 9.17) is 0 Å². The number of pyridine rings is 1. The minimum absolute atomic E-state index is 0.112. The Hall–Kier alpha value is -2.92. The summed E-state index contributed by atoms with van der Waals surface area (Å²) in [4.78, 5) is 29.5. The Balaban J connectivity index is 0.000000282. The van der Waals surface area contributed by atoms with Crippen molar-refractivity contribution in [1.29, 1.82) is 0 Å². The topological polar surface area (TPSA) is 65.2 Å². The Bertz CT molecular complexity index is 1080. The van der Waals surface area contributed by atoms with E-state index in [1.165, 1.54) is 24.5 Å². The first-order valence-corrected chi connectivity index (χ1v) is 11.2. The Morgan fingerprint density at radius 2 is 1.74 bits per heavy atom. The molecule has 1 amide bonds. The molecule has 0 spiro atoms. The molecule has 5 rings (SSSR count). The van der Waals surface area contributed by atoms with E-state index in [9.17, 15) is 9.59 Å². The quantitative estimate of drug-likeness (QED) is 0.664. The number of H-pyrrole nitrogens is 1. The second-order valence-electron chi connectivity index (χ2n) is 8.67. The number of carbonyl (C=O) groups is 1. The SMILES string of the molecule is Cc1ccccc1.O=C(NCCN1CCCC1)C1(c2ccc3ccc(=O)[nH]c3c2)CC1. The summed E-state index contributed by atoms with van der Waals surface area (Å²) in [6, 6.07) is 19.6. The summed E-state index contributed by atoms with van der Waals surface area (Å²) in [5, 5.41) is 4.11. The van der Waals surface area contributed by atoms with Crippen molar-refractivity contribution >= 4 is 16.8 Å². The normalized spacial score (nSPS) is 17.1. The number of likely N-dealkylation sites (tertiary alicyclic amines) is 1. The monoisotopic (exact) mass is 417 g/mol. The Labute approximate surface area is 183 Å². The van der Waals surface area contributed by atoms with Crippen LogP contribution in [-0.4, -0.2) is 42.0 Å². The first-order valence-electron chi connectivity index (χ1n) is 11.2. The Morgan fingerprint density at radius 1 is 1.03 bits per heavy atom. The molecule has 3 aromatic rings. The van der Waals surface area contributed by atoms with Crippen LogP contribution in [0, 0.1) is 6.92 Å². The average molecular weight is 418 g/mol. The van der Waals surface area contributed by atoms with Gasteiger partial charge in [0.05, 0.1) is 5.41 Å². The van der Waals surface area contributed by atoms with Crippen LogP contribution in [0.5, 0.6) is 0 Å². The molecule has 2 heterocycles. The third-order valence-corrected chi connectivity index (χ3v) is 6.32. The number of nitrogens with zero attached hydrogens (tertiary/aromatic N) is 1. The number of hydrogen-bond acceptors (Lipinski definition) is 3. The smallest absolute Gasteiger partial charge is 0.248 e. The second kappa shape index (κ2) is 9.48. The van der Waals surface area contributed by atoms with E-state index in [0.717, 1.165) is 48.9 Å². The minimum atomic E-state index is -0.397. The molecule has 0 bridgehead atoms. The highest BCUT2D eigenvalue weighted by molar-refractivity contribution is 5.92. The molecule has 1 saturated heterocycles. The van der Waals surface area contributed by atoms with Gasteiger partial charge in [-0.25, -0.2) is 0 Å². The van der Waals surface area contributed by atoms with Crippen molar-refractivity contribution in [2.75, 3.05) is 26.2 Å². The molecule has 31 heavy (non-hydrogen) atoms. The number of aryl methyl sites for hydroxylation is 1. The summed E-state index contributed by atoms with van der Waals surface area (Å²) in [6.07, 6.45) is 4.30. The van der Waals surface area contributed by atoms with Crippen molar-refractivity contribution in [3.8, 4) is 0 Å². The van der Waals surface area contributed by atoms with Crippen molar-refractivity contribution in [2.24, 2.45) is 0 Å². The van der Waals surface area contributed by atoms with Crippen LogP contribution < -0.4 is 10.9 Å². The summed E-state index contributed by atoms with van der Waals surface area (Å²) < 4.78 is 0. The first kappa shape index (κ1) is 21.3. The van der Waals surface area contributed by atoms with Crippen LogP contribution in [0.25, 0.3) is 10.9 Å². The van der Waals surface area contributed by atoms with Gasteiger partial charge in [0.2, 0.25) is 11.5 Å². The maximum atomic E-state index is 12.7. The lowest BCUT2D eigenvalue weighted by Gasteiger charge is -2.19. The van der Waals surface area contributed by atoms with Gasteiger partial charge in [0.15, 0.2) is 0 Å². The van der Waals surface area contributed by atoms with E-state index in [1.54, 1.807) is 0 Å². The molecule has 162 valence electrons. The largest absolute Gasteiger partial charge is 0.354 e. The van der Waals surface area contributed by atoms with Gasteiger partial charge < -0.3 is 15.2 Å². The molecule has 2 aliphatic rings. The molecule has 5 heteroatoms. The molecule has 2 N–H and O–H groups in total. The number of amides is 1. The highest BCUT2D eigenvalue weighted by Gasteiger charge is 2.51. The highest BCUT2D eigenvalue weighted by atomic mass is 16.2. The molecule has 5 nitrogen and oxygen atoms in total. The van der Waals surface area contributed by atoms with E-state index in [-0.39, 0.29) is 11.5 Å². The summed E-state index contributed by atoms with van der Waals surface area (Å²) in [5.41, 5.74) is 2.63. The van der Waals surface area contributed by atoms with Gasteiger partial charge in [-0.3, -0.25) is 9.59 Å². The molecule has 1 aliphatic heterocycles. The lowest BCUT2D eigenvalue weighted by Crippen LogP contribution is -2.39. The van der Waals surface area contributed by atoms with E-state index < -0.39 is 5.41 Å². The van der Waals surface area contributed by atoms with Crippen molar-refractivity contribution in [3.63, 3.8) is 0 Å². The standard InChI is InChI=1S/C19H23N3O2.C7H8/c23-17-6-4-14-3-5-15(13-16(14)21-17)19(7-8-19)18(24)20-9-12-22-10-1-2-11-22;1-7-5-3-2-4-6-7/h3-6,13H,1-2,7-12H2,(H,20,24)(H,21,23);2-6H,1H3. The molecule has 1 saturated carbocycles. The predicted molar refractivity (Wildman–Crippen MR) is 125 cm³/mol. The summed E-state index contributed by atoms with van der Waals surface area (Å²) >= 11 is 0. The molecule has 0 radical (unpaired) electrons. The zero-order chi connectivity index (χ0) is 21.7. The Morgan fingerprint density at radius 3 is 2.39 bits per heavy atom. The maximum Gasteiger partial charge on any atom is 0.248 e. The lowest BCUT2D eigenvalue weighted by atomic mass is 9.94. The molecule has 2 aromatic carbocycles. The molecule has 1 aromatic heterocycles. The van der Waals surface area contributed by atoms with Gasteiger partial charge in [-0.1, -0.05) is 48.0 Å². The maximum absolute atomic E-state index is 12.7. The van der Waals surface area contributed by atoms with Crippen molar-refractivity contribution < 1.29 is 4.79 Å². The van der Waals surface area contributed by atoms with E-state index >= 15 is 0 Å². The van der Waals surface area contributed by atoms with Gasteiger partial charge in [-0.05, 0) is 68.8 Å². The fraction of sp³-hybridized carbons (Fsp3) is 0.385. The first-order chi connectivity index (χ1) is 15.1. The molecule has 2 fully saturated rings. The zero-order valence-corrected chi connectivity index (χ0v) is 18.2. The van der Waals surface area contributed by atoms with E-state index in [1.807, 2.05) is 42.5 Å².